The molecule has 31 heavy (non-hydrogen) atoms. The molecule has 1 aromatic carbocycles. The predicted octanol–water partition coefficient (Wildman–Crippen LogP) is 5.91. The van der Waals surface area contributed by atoms with Crippen LogP contribution >= 0.6 is 46.3 Å². The number of benzene rings is 1. The van der Waals surface area contributed by atoms with Crippen LogP contribution in [0, 0.1) is 0 Å². The number of alkyl halides is 3. The van der Waals surface area contributed by atoms with Crippen LogP contribution in [0.15, 0.2) is 46.9 Å². The van der Waals surface area contributed by atoms with Crippen molar-refractivity contribution in [1.82, 2.24) is 19.8 Å². The van der Waals surface area contributed by atoms with Crippen LogP contribution in [-0.2, 0) is 11.0 Å². The van der Waals surface area contributed by atoms with E-state index in [-0.39, 0.29) is 21.6 Å². The summed E-state index contributed by atoms with van der Waals surface area (Å²) in [6.07, 6.45) is -4.64. The lowest BCUT2D eigenvalue weighted by Gasteiger charge is -2.10. The zero-order valence-corrected chi connectivity index (χ0v) is 18.3. The third-order valence-corrected chi connectivity index (χ3v) is 6.51. The first-order valence-corrected chi connectivity index (χ1v) is 11.1. The van der Waals surface area contributed by atoms with Crippen molar-refractivity contribution in [3.05, 3.63) is 57.4 Å². The Morgan fingerprint density at radius 3 is 2.65 bits per heavy atom. The van der Waals surface area contributed by atoms with E-state index in [1.54, 1.807) is 23.6 Å². The minimum Gasteiger partial charge on any atom is -0.325 e. The van der Waals surface area contributed by atoms with Gasteiger partial charge in [-0.15, -0.1) is 21.5 Å². The van der Waals surface area contributed by atoms with Gasteiger partial charge < -0.3 is 5.32 Å². The third kappa shape index (κ3) is 4.79. The highest BCUT2D eigenvalue weighted by atomic mass is 35.5. The maximum absolute atomic E-state index is 13.6. The molecule has 1 N–H and O–H groups in total. The second-order valence-corrected chi connectivity index (χ2v) is 8.81. The summed E-state index contributed by atoms with van der Waals surface area (Å²) in [5.74, 6) is -0.543. The fraction of sp³-hybridized carbons (Fsp3) is 0.111. The van der Waals surface area contributed by atoms with Gasteiger partial charge in [-0.2, -0.15) is 22.8 Å². The first-order valence-electron chi connectivity index (χ1n) is 8.47. The van der Waals surface area contributed by atoms with Gasteiger partial charge in [-0.1, -0.05) is 41.0 Å². The van der Waals surface area contributed by atoms with E-state index >= 15 is 0 Å². The molecule has 0 atom stereocenters. The molecule has 0 radical (unpaired) electrons. The summed E-state index contributed by atoms with van der Waals surface area (Å²) in [5, 5.41) is 16.7. The van der Waals surface area contributed by atoms with Crippen LogP contribution in [0.2, 0.25) is 10.0 Å². The number of anilines is 1. The molecule has 0 saturated heterocycles. The molecule has 4 aromatic rings. The summed E-state index contributed by atoms with van der Waals surface area (Å²) in [4.78, 5) is 12.8. The van der Waals surface area contributed by atoms with Gasteiger partial charge in [0.1, 0.15) is 11.3 Å². The Balaban J connectivity index is 1.60. The summed E-state index contributed by atoms with van der Waals surface area (Å²) in [6.45, 7) is 0. The zero-order valence-electron chi connectivity index (χ0n) is 15.2. The summed E-state index contributed by atoms with van der Waals surface area (Å²) >= 11 is 13.9. The van der Waals surface area contributed by atoms with Crippen molar-refractivity contribution in [3.8, 4) is 10.6 Å². The van der Waals surface area contributed by atoms with Gasteiger partial charge in [-0.3, -0.25) is 4.79 Å². The molecule has 0 aliphatic rings. The molecule has 0 aliphatic heterocycles. The van der Waals surface area contributed by atoms with Crippen molar-refractivity contribution < 1.29 is 18.0 Å². The topological polar surface area (TPSA) is 72.2 Å². The van der Waals surface area contributed by atoms with Crippen LogP contribution in [0.3, 0.4) is 0 Å². The average molecular weight is 504 g/mol. The fourth-order valence-corrected chi connectivity index (χ4v) is 4.27. The number of hydrogen-bond donors (Lipinski definition) is 1. The molecule has 0 unspecified atom stereocenters. The van der Waals surface area contributed by atoms with E-state index in [2.05, 4.69) is 20.6 Å². The summed E-state index contributed by atoms with van der Waals surface area (Å²) in [6, 6.07) is 8.93. The Hall–Kier alpha value is -2.34. The van der Waals surface area contributed by atoms with Crippen LogP contribution in [0.1, 0.15) is 5.56 Å². The van der Waals surface area contributed by atoms with E-state index in [0.717, 1.165) is 22.3 Å². The van der Waals surface area contributed by atoms with Crippen LogP contribution < -0.4 is 5.32 Å². The molecule has 0 spiro atoms. The SMILES string of the molecule is O=C(CSc1nnc2c(C(F)(F)F)cc(-c3cccs3)nn12)Nc1ccc(Cl)c(Cl)c1. The number of rotatable bonds is 5. The van der Waals surface area contributed by atoms with Crippen molar-refractivity contribution in [2.75, 3.05) is 11.1 Å². The summed E-state index contributed by atoms with van der Waals surface area (Å²) in [5.41, 5.74) is -0.814. The van der Waals surface area contributed by atoms with Crippen LogP contribution in [0.4, 0.5) is 18.9 Å². The first kappa shape index (κ1) is 21.9. The number of carbonyl (C=O) groups excluding carboxylic acids is 1. The highest BCUT2D eigenvalue weighted by molar-refractivity contribution is 7.99. The molecule has 0 aliphatic carbocycles. The number of halogens is 5. The highest BCUT2D eigenvalue weighted by Crippen LogP contribution is 2.36. The van der Waals surface area contributed by atoms with Gasteiger partial charge in [0.2, 0.25) is 11.1 Å². The van der Waals surface area contributed by atoms with Gasteiger partial charge in [-0.25, -0.2) is 0 Å². The monoisotopic (exact) mass is 503 g/mol. The fourth-order valence-electron chi connectivity index (χ4n) is 2.61. The Morgan fingerprint density at radius 1 is 1.16 bits per heavy atom. The number of aromatic nitrogens is 4. The van der Waals surface area contributed by atoms with Crippen molar-refractivity contribution in [1.29, 1.82) is 0 Å². The predicted molar refractivity (Wildman–Crippen MR) is 115 cm³/mol. The van der Waals surface area contributed by atoms with Crippen molar-refractivity contribution in [2.24, 2.45) is 0 Å². The molecule has 3 aromatic heterocycles. The van der Waals surface area contributed by atoms with E-state index in [4.69, 9.17) is 23.2 Å². The van der Waals surface area contributed by atoms with Gasteiger partial charge in [-0.05, 0) is 35.7 Å². The van der Waals surface area contributed by atoms with Gasteiger partial charge in [0.05, 0.1) is 20.7 Å². The third-order valence-electron chi connectivity index (χ3n) is 3.96. The molecular formula is C18H10Cl2F3N5OS2. The van der Waals surface area contributed by atoms with Gasteiger partial charge in [0.15, 0.2) is 5.65 Å². The molecule has 3 heterocycles. The Labute approximate surface area is 191 Å². The second-order valence-electron chi connectivity index (χ2n) is 6.10. The maximum atomic E-state index is 13.6. The lowest BCUT2D eigenvalue weighted by Crippen LogP contribution is -2.14. The van der Waals surface area contributed by atoms with Crippen LogP contribution in [-0.4, -0.2) is 31.5 Å². The summed E-state index contributed by atoms with van der Waals surface area (Å²) in [7, 11) is 0. The van der Waals surface area contributed by atoms with Gasteiger partial charge in [0, 0.05) is 5.69 Å². The van der Waals surface area contributed by atoms with Gasteiger partial charge in [0.25, 0.3) is 0 Å². The number of nitrogens with zero attached hydrogens (tertiary/aromatic N) is 4. The molecule has 1 amide bonds. The lowest BCUT2D eigenvalue weighted by molar-refractivity contribution is -0.136. The lowest BCUT2D eigenvalue weighted by atomic mass is 10.2. The van der Waals surface area contributed by atoms with Crippen LogP contribution in [0.25, 0.3) is 16.2 Å². The number of amides is 1. The maximum Gasteiger partial charge on any atom is 0.420 e. The number of hydrogen-bond acceptors (Lipinski definition) is 6. The molecule has 6 nitrogen and oxygen atoms in total. The van der Waals surface area contributed by atoms with E-state index in [1.807, 2.05) is 0 Å². The van der Waals surface area contributed by atoms with E-state index < -0.39 is 23.3 Å². The zero-order chi connectivity index (χ0) is 22.2. The Morgan fingerprint density at radius 2 is 1.97 bits per heavy atom. The molecule has 4 rings (SSSR count). The largest absolute Gasteiger partial charge is 0.420 e. The second kappa shape index (κ2) is 8.65. The van der Waals surface area contributed by atoms with Crippen molar-refractivity contribution in [3.63, 3.8) is 0 Å². The molecular weight excluding hydrogens is 494 g/mol. The van der Waals surface area contributed by atoms with E-state index in [1.165, 1.54) is 23.5 Å². The standard InChI is InChI=1S/C18H10Cl2F3N5OS2/c19-11-4-3-9(6-12(11)20)24-15(29)8-31-17-26-25-16-10(18(21,22)23)7-13(27-28(16)17)14-2-1-5-30-14/h1-7H,8H2,(H,24,29). The Kier molecular flexibility index (Phi) is 6.11. The average Bonchev–Trinajstić information content (AvgIpc) is 3.37. The molecule has 160 valence electrons. The number of nitrogens with one attached hydrogen (secondary N) is 1. The van der Waals surface area contributed by atoms with Crippen LogP contribution in [0.5, 0.6) is 0 Å². The number of thioether (sulfide) groups is 1. The number of fused-ring (bicyclic) bond motifs is 1. The first-order chi connectivity index (χ1) is 14.7. The number of thiophene rings is 1. The minimum absolute atomic E-state index is 0.0585. The number of carbonyl (C=O) groups is 1. The minimum atomic E-state index is -4.64. The molecule has 0 fully saturated rings. The Bertz CT molecular complexity index is 1260. The van der Waals surface area contributed by atoms with Gasteiger partial charge >= 0.3 is 6.18 Å². The smallest absolute Gasteiger partial charge is 0.325 e. The summed E-state index contributed by atoms with van der Waals surface area (Å²) < 4.78 is 41.7. The molecule has 13 heteroatoms. The van der Waals surface area contributed by atoms with E-state index in [9.17, 15) is 18.0 Å². The van der Waals surface area contributed by atoms with Crippen molar-refractivity contribution >= 4 is 63.5 Å². The molecule has 0 saturated carbocycles. The highest BCUT2D eigenvalue weighted by Gasteiger charge is 2.36. The van der Waals surface area contributed by atoms with Crippen molar-refractivity contribution in [2.45, 2.75) is 11.3 Å². The normalized spacial score (nSPS) is 11.8. The van der Waals surface area contributed by atoms with E-state index in [0.29, 0.717) is 15.6 Å². The quantitative estimate of drug-likeness (QED) is 0.342. The molecule has 0 bridgehead atoms.